The summed E-state index contributed by atoms with van der Waals surface area (Å²) in [5, 5.41) is 1.04. The highest BCUT2D eigenvalue weighted by Gasteiger charge is 2.21. The van der Waals surface area contributed by atoms with E-state index in [4.69, 9.17) is 4.74 Å². The van der Waals surface area contributed by atoms with Crippen molar-refractivity contribution in [1.29, 1.82) is 0 Å². The Morgan fingerprint density at radius 1 is 1.14 bits per heavy atom. The number of nitrogens with zero attached hydrogens (tertiary/aromatic N) is 4. The number of rotatable bonds is 2. The molecule has 108 valence electrons. The van der Waals surface area contributed by atoms with Crippen LogP contribution >= 0.6 is 0 Å². The molecule has 0 aliphatic rings. The third kappa shape index (κ3) is 2.24. The molecule has 0 atom stereocenters. The van der Waals surface area contributed by atoms with Gasteiger partial charge in [-0.2, -0.15) is 0 Å². The molecule has 0 saturated heterocycles. The molecule has 5 heteroatoms. The summed E-state index contributed by atoms with van der Waals surface area (Å²) in [6.07, 6.45) is 6.99. The number of aromatic nitrogens is 4. The van der Waals surface area contributed by atoms with Gasteiger partial charge in [-0.05, 0) is 12.1 Å². The van der Waals surface area contributed by atoms with Crippen LogP contribution in [0.1, 0.15) is 26.5 Å². The summed E-state index contributed by atoms with van der Waals surface area (Å²) >= 11 is 0. The minimum absolute atomic E-state index is 0.0536. The second kappa shape index (κ2) is 4.84. The van der Waals surface area contributed by atoms with Gasteiger partial charge in [0.05, 0.1) is 19.1 Å². The molecule has 0 spiro atoms. The minimum atomic E-state index is -0.0536. The molecule has 0 fully saturated rings. The van der Waals surface area contributed by atoms with Crippen molar-refractivity contribution in [3.63, 3.8) is 0 Å². The minimum Gasteiger partial charge on any atom is -0.494 e. The van der Waals surface area contributed by atoms with Crippen LogP contribution < -0.4 is 4.74 Å². The molecule has 0 unspecified atom stereocenters. The first kappa shape index (κ1) is 13.5. The van der Waals surface area contributed by atoms with Crippen LogP contribution in [-0.4, -0.2) is 26.6 Å². The van der Waals surface area contributed by atoms with Crippen molar-refractivity contribution in [2.24, 2.45) is 0 Å². The maximum Gasteiger partial charge on any atom is 0.145 e. The average molecular weight is 282 g/mol. The molecule has 0 aliphatic carbocycles. The lowest BCUT2D eigenvalue weighted by Crippen LogP contribution is -2.15. The van der Waals surface area contributed by atoms with Crippen LogP contribution in [-0.2, 0) is 5.41 Å². The van der Waals surface area contributed by atoms with Gasteiger partial charge in [-0.3, -0.25) is 0 Å². The van der Waals surface area contributed by atoms with E-state index in [1.54, 1.807) is 26.0 Å². The van der Waals surface area contributed by atoms with E-state index >= 15 is 0 Å². The predicted octanol–water partition coefficient (Wildman–Crippen LogP) is 3.12. The molecule has 0 amide bonds. The normalized spacial score (nSPS) is 11.8. The third-order valence-electron chi connectivity index (χ3n) is 3.44. The summed E-state index contributed by atoms with van der Waals surface area (Å²) in [4.78, 5) is 13.1. The van der Waals surface area contributed by atoms with Gasteiger partial charge in [-0.15, -0.1) is 0 Å². The lowest BCUT2D eigenvalue weighted by atomic mass is 9.89. The highest BCUT2D eigenvalue weighted by molar-refractivity contribution is 5.91. The van der Waals surface area contributed by atoms with E-state index in [0.29, 0.717) is 0 Å². The fraction of sp³-hybridized carbons (Fsp3) is 0.312. The fourth-order valence-corrected chi connectivity index (χ4v) is 2.50. The molecule has 2 aromatic heterocycles. The Labute approximate surface area is 123 Å². The van der Waals surface area contributed by atoms with Gasteiger partial charge >= 0.3 is 0 Å². The van der Waals surface area contributed by atoms with Crippen molar-refractivity contribution in [2.75, 3.05) is 7.11 Å². The number of imidazole rings is 1. The lowest BCUT2D eigenvalue weighted by Gasteiger charge is -2.21. The lowest BCUT2D eigenvalue weighted by molar-refractivity contribution is 0.413. The van der Waals surface area contributed by atoms with Crippen molar-refractivity contribution in [3.05, 3.63) is 42.9 Å². The van der Waals surface area contributed by atoms with E-state index in [1.165, 1.54) is 0 Å². The molecule has 5 nitrogen and oxygen atoms in total. The van der Waals surface area contributed by atoms with Crippen LogP contribution in [0.3, 0.4) is 0 Å². The molecule has 2 heterocycles. The summed E-state index contributed by atoms with van der Waals surface area (Å²) in [6.45, 7) is 6.45. The molecule has 1 aromatic carbocycles. The number of hydrogen-bond donors (Lipinski definition) is 0. The monoisotopic (exact) mass is 282 g/mol. The Hall–Kier alpha value is -2.43. The van der Waals surface area contributed by atoms with Crippen molar-refractivity contribution in [3.8, 4) is 11.4 Å². The molecule has 0 bridgehead atoms. The zero-order valence-electron chi connectivity index (χ0n) is 12.7. The van der Waals surface area contributed by atoms with Gasteiger partial charge in [0.2, 0.25) is 0 Å². The quantitative estimate of drug-likeness (QED) is 0.724. The second-order valence-electron chi connectivity index (χ2n) is 5.95. The summed E-state index contributed by atoms with van der Waals surface area (Å²) < 4.78 is 7.41. The Morgan fingerprint density at radius 3 is 2.57 bits per heavy atom. The summed E-state index contributed by atoms with van der Waals surface area (Å²) in [5.41, 5.74) is 2.73. The van der Waals surface area contributed by atoms with E-state index in [9.17, 15) is 0 Å². The summed E-state index contributed by atoms with van der Waals surface area (Å²) in [6, 6.07) is 3.98. The van der Waals surface area contributed by atoms with Gasteiger partial charge in [0, 0.05) is 23.2 Å². The molecule has 0 N–H and O–H groups in total. The van der Waals surface area contributed by atoms with Gasteiger partial charge < -0.3 is 9.30 Å². The van der Waals surface area contributed by atoms with E-state index in [0.717, 1.165) is 28.0 Å². The zero-order chi connectivity index (χ0) is 15.0. The van der Waals surface area contributed by atoms with Gasteiger partial charge in [0.25, 0.3) is 0 Å². The van der Waals surface area contributed by atoms with Crippen molar-refractivity contribution in [2.45, 2.75) is 26.2 Å². The standard InChI is InChI=1S/C16H18N4O/c1-16(2,3)15-11-5-6-12(21-4)14(13(11)18-9-19-15)20-8-7-17-10-20/h5-10H,1-4H3. The number of benzene rings is 1. The SMILES string of the molecule is COc1ccc2c(C(C)(C)C)ncnc2c1-n1ccnc1. The van der Waals surface area contributed by atoms with Crippen LogP contribution in [0.25, 0.3) is 16.6 Å². The maximum absolute atomic E-state index is 5.49. The molecule has 3 rings (SSSR count). The Morgan fingerprint density at radius 2 is 1.95 bits per heavy atom. The largest absolute Gasteiger partial charge is 0.494 e. The molecule has 3 aromatic rings. The average Bonchev–Trinajstić information content (AvgIpc) is 2.98. The zero-order valence-corrected chi connectivity index (χ0v) is 12.7. The maximum atomic E-state index is 5.49. The van der Waals surface area contributed by atoms with Crippen LogP contribution in [0.5, 0.6) is 5.75 Å². The molecular weight excluding hydrogens is 264 g/mol. The van der Waals surface area contributed by atoms with Gasteiger partial charge in [0.15, 0.2) is 0 Å². The van der Waals surface area contributed by atoms with Gasteiger partial charge in [0.1, 0.15) is 23.3 Å². The topological polar surface area (TPSA) is 52.8 Å². The first-order chi connectivity index (χ1) is 10.0. The Balaban J connectivity index is 2.40. The van der Waals surface area contributed by atoms with Crippen LogP contribution in [0.4, 0.5) is 0 Å². The number of ether oxygens (including phenoxy) is 1. The number of hydrogen-bond acceptors (Lipinski definition) is 4. The van der Waals surface area contributed by atoms with Crippen molar-refractivity contribution < 1.29 is 4.74 Å². The second-order valence-corrected chi connectivity index (χ2v) is 5.95. The molecule has 0 saturated carbocycles. The van der Waals surface area contributed by atoms with Crippen LogP contribution in [0.2, 0.25) is 0 Å². The molecule has 0 radical (unpaired) electrons. The molecular formula is C16H18N4O. The highest BCUT2D eigenvalue weighted by atomic mass is 16.5. The number of methoxy groups -OCH3 is 1. The van der Waals surface area contributed by atoms with Crippen LogP contribution in [0, 0.1) is 0 Å². The Kier molecular flexibility index (Phi) is 3.12. The van der Waals surface area contributed by atoms with Gasteiger partial charge in [-0.25, -0.2) is 15.0 Å². The Bertz CT molecular complexity index is 773. The van der Waals surface area contributed by atoms with Gasteiger partial charge in [-0.1, -0.05) is 20.8 Å². The van der Waals surface area contributed by atoms with E-state index < -0.39 is 0 Å². The van der Waals surface area contributed by atoms with E-state index in [2.05, 4.69) is 35.7 Å². The molecule has 0 aliphatic heterocycles. The first-order valence-corrected chi connectivity index (χ1v) is 6.83. The number of fused-ring (bicyclic) bond motifs is 1. The first-order valence-electron chi connectivity index (χ1n) is 6.83. The smallest absolute Gasteiger partial charge is 0.145 e. The molecule has 21 heavy (non-hydrogen) atoms. The van der Waals surface area contributed by atoms with Crippen molar-refractivity contribution >= 4 is 10.9 Å². The third-order valence-corrected chi connectivity index (χ3v) is 3.44. The van der Waals surface area contributed by atoms with E-state index in [1.807, 2.05) is 22.9 Å². The van der Waals surface area contributed by atoms with Crippen LogP contribution in [0.15, 0.2) is 37.2 Å². The van der Waals surface area contributed by atoms with Crippen molar-refractivity contribution in [1.82, 2.24) is 19.5 Å². The highest BCUT2D eigenvalue weighted by Crippen LogP contribution is 2.34. The predicted molar refractivity (Wildman–Crippen MR) is 81.9 cm³/mol. The summed E-state index contributed by atoms with van der Waals surface area (Å²) in [5.74, 6) is 0.763. The fourth-order valence-electron chi connectivity index (χ4n) is 2.50. The summed E-state index contributed by atoms with van der Waals surface area (Å²) in [7, 11) is 1.66. The van der Waals surface area contributed by atoms with E-state index in [-0.39, 0.29) is 5.41 Å².